The number of benzene rings is 1. The first kappa shape index (κ1) is 18.3. The minimum absolute atomic E-state index is 0.0945. The van der Waals surface area contributed by atoms with Crippen LogP contribution in [0.5, 0.6) is 10.9 Å². The first-order chi connectivity index (χ1) is 13.9. The maximum Gasteiger partial charge on any atom is 0.294 e. The molecule has 2 bridgehead atoms. The molecule has 29 heavy (non-hydrogen) atoms. The number of fused-ring (bicyclic) bond motifs is 2. The summed E-state index contributed by atoms with van der Waals surface area (Å²) >= 11 is 1.26. The summed E-state index contributed by atoms with van der Waals surface area (Å²) in [7, 11) is 0. The fraction of sp³-hybridized carbons (Fsp3) is 0.350. The van der Waals surface area contributed by atoms with Crippen LogP contribution in [0.4, 0.5) is 4.39 Å². The molecule has 3 unspecified atom stereocenters. The number of ether oxygens (including phenoxy) is 1. The number of halogens is 1. The van der Waals surface area contributed by atoms with E-state index < -0.39 is 0 Å². The molecule has 5 rings (SSSR count). The van der Waals surface area contributed by atoms with Crippen LogP contribution in [0, 0.1) is 6.92 Å². The molecular formula is C20H20FN5O2S. The number of nitrogens with zero attached hydrogens (tertiary/aromatic N) is 4. The van der Waals surface area contributed by atoms with Crippen molar-refractivity contribution >= 4 is 11.3 Å². The zero-order valence-corrected chi connectivity index (χ0v) is 16.8. The van der Waals surface area contributed by atoms with Crippen molar-refractivity contribution in [2.45, 2.75) is 44.4 Å². The van der Waals surface area contributed by atoms with Crippen LogP contribution >= 0.6 is 11.3 Å². The number of phenolic OH excluding ortho intramolecular Hbond substituents is 1. The van der Waals surface area contributed by atoms with Gasteiger partial charge in [-0.25, -0.2) is 9.07 Å². The Bertz CT molecular complexity index is 1110. The molecule has 3 aromatic rings. The molecule has 7 nitrogen and oxygen atoms in total. The molecule has 0 saturated carbocycles. The van der Waals surface area contributed by atoms with E-state index in [9.17, 15) is 9.50 Å². The van der Waals surface area contributed by atoms with Crippen molar-refractivity contribution in [3.63, 3.8) is 0 Å². The molecule has 0 radical (unpaired) electrons. The molecule has 150 valence electrons. The third-order valence-electron chi connectivity index (χ3n) is 5.32. The lowest BCUT2D eigenvalue weighted by atomic mass is 9.91. The average Bonchev–Trinajstić information content (AvgIpc) is 3.34. The lowest BCUT2D eigenvalue weighted by Crippen LogP contribution is -2.51. The highest BCUT2D eigenvalue weighted by atomic mass is 32.1. The van der Waals surface area contributed by atoms with Crippen molar-refractivity contribution in [3.05, 3.63) is 48.1 Å². The van der Waals surface area contributed by atoms with E-state index in [1.807, 2.05) is 32.2 Å². The number of aromatic nitrogens is 4. The highest BCUT2D eigenvalue weighted by molar-refractivity contribution is 7.16. The van der Waals surface area contributed by atoms with E-state index in [2.05, 4.69) is 20.6 Å². The van der Waals surface area contributed by atoms with Crippen molar-refractivity contribution in [3.8, 4) is 27.2 Å². The standard InChI is InChI=1S/C20H20FN5O2S/c1-11-5-6-26(25-11)12-3-4-14(17(27)7-12)18-23-24-19(29-18)28-13-8-16-15(21)10-20(2,9-13)22-16/h3-7,10,13,16,22,27H,8-9H2,1-2H3. The maximum absolute atomic E-state index is 13.9. The fourth-order valence-electron chi connectivity index (χ4n) is 4.02. The van der Waals surface area contributed by atoms with Crippen molar-refractivity contribution in [2.75, 3.05) is 0 Å². The van der Waals surface area contributed by atoms with Gasteiger partial charge in [0.1, 0.15) is 17.7 Å². The van der Waals surface area contributed by atoms with Gasteiger partial charge < -0.3 is 9.84 Å². The van der Waals surface area contributed by atoms with Crippen LogP contribution in [-0.2, 0) is 0 Å². The van der Waals surface area contributed by atoms with Crippen molar-refractivity contribution < 1.29 is 14.2 Å². The summed E-state index contributed by atoms with van der Waals surface area (Å²) in [6.07, 6.45) is 4.55. The largest absolute Gasteiger partial charge is 0.507 e. The van der Waals surface area contributed by atoms with E-state index in [0.29, 0.717) is 28.6 Å². The van der Waals surface area contributed by atoms with Gasteiger partial charge in [0, 0.05) is 30.6 Å². The summed E-state index contributed by atoms with van der Waals surface area (Å²) in [5.41, 5.74) is 1.85. The predicted molar refractivity (Wildman–Crippen MR) is 107 cm³/mol. The monoisotopic (exact) mass is 413 g/mol. The first-order valence-electron chi connectivity index (χ1n) is 9.41. The lowest BCUT2D eigenvalue weighted by Gasteiger charge is -2.35. The molecule has 2 aliphatic rings. The maximum atomic E-state index is 13.9. The van der Waals surface area contributed by atoms with Gasteiger partial charge in [-0.1, -0.05) is 16.4 Å². The van der Waals surface area contributed by atoms with Crippen LogP contribution in [0.25, 0.3) is 16.3 Å². The summed E-state index contributed by atoms with van der Waals surface area (Å²) in [5.74, 6) is -0.0222. The Balaban J connectivity index is 1.33. The molecule has 1 aromatic carbocycles. The number of piperidine rings is 1. The molecule has 1 fully saturated rings. The summed E-state index contributed by atoms with van der Waals surface area (Å²) in [6.45, 7) is 3.88. The van der Waals surface area contributed by atoms with Crippen LogP contribution in [0.3, 0.4) is 0 Å². The van der Waals surface area contributed by atoms with Gasteiger partial charge >= 0.3 is 0 Å². The van der Waals surface area contributed by atoms with Crippen LogP contribution < -0.4 is 10.1 Å². The summed E-state index contributed by atoms with van der Waals surface area (Å²) in [5, 5.41) is 27.4. The molecule has 1 saturated heterocycles. The number of aryl methyl sites for hydroxylation is 1. The Morgan fingerprint density at radius 1 is 1.34 bits per heavy atom. The van der Waals surface area contributed by atoms with E-state index in [4.69, 9.17) is 4.74 Å². The molecule has 2 aromatic heterocycles. The van der Waals surface area contributed by atoms with Gasteiger partial charge in [0.15, 0.2) is 5.01 Å². The number of hydrogen-bond acceptors (Lipinski definition) is 7. The summed E-state index contributed by atoms with van der Waals surface area (Å²) in [4.78, 5) is 0. The second-order valence-corrected chi connectivity index (χ2v) is 8.74. The second kappa shape index (κ2) is 6.64. The molecule has 0 spiro atoms. The molecule has 2 aliphatic heterocycles. The zero-order chi connectivity index (χ0) is 20.2. The molecule has 4 heterocycles. The number of aromatic hydroxyl groups is 1. The Morgan fingerprint density at radius 3 is 2.93 bits per heavy atom. The van der Waals surface area contributed by atoms with Gasteiger partial charge in [-0.15, -0.1) is 5.10 Å². The molecule has 9 heteroatoms. The van der Waals surface area contributed by atoms with E-state index >= 15 is 0 Å². The normalized spacial score (nSPS) is 25.8. The molecule has 0 amide bonds. The number of hydrogen-bond donors (Lipinski definition) is 2. The smallest absolute Gasteiger partial charge is 0.294 e. The van der Waals surface area contributed by atoms with Crippen LogP contribution in [0.2, 0.25) is 0 Å². The molecule has 2 N–H and O–H groups in total. The average molecular weight is 413 g/mol. The van der Waals surface area contributed by atoms with E-state index in [-0.39, 0.29) is 29.3 Å². The molecular weight excluding hydrogens is 393 g/mol. The summed E-state index contributed by atoms with van der Waals surface area (Å²) in [6, 6.07) is 6.89. The Hall–Kier alpha value is -2.78. The van der Waals surface area contributed by atoms with Crippen LogP contribution in [-0.4, -0.2) is 42.8 Å². The van der Waals surface area contributed by atoms with Crippen LogP contribution in [0.15, 0.2) is 42.4 Å². The third-order valence-corrected chi connectivity index (χ3v) is 6.16. The number of phenols is 1. The number of rotatable bonds is 4. The SMILES string of the molecule is Cc1ccn(-c2ccc(-c3nnc(OC4CC5NC(C)(C=C5F)C4)s3)c(O)c2)n1. The van der Waals surface area contributed by atoms with Gasteiger partial charge in [0.25, 0.3) is 5.19 Å². The van der Waals surface area contributed by atoms with E-state index in [1.54, 1.807) is 22.9 Å². The van der Waals surface area contributed by atoms with Crippen molar-refractivity contribution in [2.24, 2.45) is 0 Å². The number of nitrogens with one attached hydrogen (secondary N) is 1. The Morgan fingerprint density at radius 2 is 2.21 bits per heavy atom. The zero-order valence-electron chi connectivity index (χ0n) is 16.0. The van der Waals surface area contributed by atoms with Gasteiger partial charge in [-0.05, 0) is 38.1 Å². The quantitative estimate of drug-likeness (QED) is 0.681. The first-order valence-corrected chi connectivity index (χ1v) is 10.2. The van der Waals surface area contributed by atoms with Gasteiger partial charge in [0.05, 0.1) is 23.0 Å². The van der Waals surface area contributed by atoms with Crippen molar-refractivity contribution in [1.29, 1.82) is 0 Å². The molecule has 3 atom stereocenters. The lowest BCUT2D eigenvalue weighted by molar-refractivity contribution is 0.111. The van der Waals surface area contributed by atoms with Gasteiger partial charge in [0.2, 0.25) is 0 Å². The van der Waals surface area contributed by atoms with Gasteiger partial charge in [-0.3, -0.25) is 5.32 Å². The van der Waals surface area contributed by atoms with Crippen molar-refractivity contribution in [1.82, 2.24) is 25.3 Å². The fourth-order valence-corrected chi connectivity index (χ4v) is 4.82. The second-order valence-electron chi connectivity index (χ2n) is 7.80. The summed E-state index contributed by atoms with van der Waals surface area (Å²) < 4.78 is 21.6. The van der Waals surface area contributed by atoms with Gasteiger partial charge in [-0.2, -0.15) is 5.10 Å². The topological polar surface area (TPSA) is 85.1 Å². The highest BCUT2D eigenvalue weighted by Crippen LogP contribution is 2.39. The molecule has 0 aliphatic carbocycles. The van der Waals surface area contributed by atoms with Crippen LogP contribution in [0.1, 0.15) is 25.5 Å². The Kier molecular flexibility index (Phi) is 4.18. The minimum atomic E-state index is -0.385. The van der Waals surface area contributed by atoms with E-state index in [0.717, 1.165) is 11.4 Å². The minimum Gasteiger partial charge on any atom is -0.507 e. The Labute approximate surface area is 170 Å². The predicted octanol–water partition coefficient (Wildman–Crippen LogP) is 3.53. The third kappa shape index (κ3) is 3.40. The van der Waals surface area contributed by atoms with E-state index in [1.165, 1.54) is 11.3 Å². The highest BCUT2D eigenvalue weighted by Gasteiger charge is 2.43.